The van der Waals surface area contributed by atoms with Crippen LogP contribution >= 0.6 is 15.9 Å². The van der Waals surface area contributed by atoms with E-state index in [-0.39, 0.29) is 0 Å². The van der Waals surface area contributed by atoms with E-state index in [0.717, 1.165) is 15.8 Å². The summed E-state index contributed by atoms with van der Waals surface area (Å²) in [6.07, 6.45) is 0. The number of hydrogen-bond acceptors (Lipinski definition) is 3. The lowest BCUT2D eigenvalue weighted by Crippen LogP contribution is -1.97. The second-order valence-corrected chi connectivity index (χ2v) is 4.72. The summed E-state index contributed by atoms with van der Waals surface area (Å²) in [6, 6.07) is 15.2. The van der Waals surface area contributed by atoms with Gasteiger partial charge < -0.3 is 9.47 Å². The molecular formula is C15H12BrNO2. The molecule has 0 aliphatic rings. The lowest BCUT2D eigenvalue weighted by atomic mass is 10.2. The molecule has 0 saturated carbocycles. The van der Waals surface area contributed by atoms with E-state index in [0.29, 0.717) is 17.9 Å². The average molecular weight is 318 g/mol. The zero-order valence-electron chi connectivity index (χ0n) is 10.4. The first kappa shape index (κ1) is 13.4. The molecule has 2 aromatic rings. The minimum Gasteiger partial charge on any atom is -0.497 e. The summed E-state index contributed by atoms with van der Waals surface area (Å²) in [5.74, 6) is 1.39. The van der Waals surface area contributed by atoms with Gasteiger partial charge in [-0.1, -0.05) is 18.2 Å². The zero-order valence-corrected chi connectivity index (χ0v) is 12.0. The van der Waals surface area contributed by atoms with Crippen LogP contribution in [0.3, 0.4) is 0 Å². The molecule has 3 nitrogen and oxygen atoms in total. The Labute approximate surface area is 120 Å². The van der Waals surface area contributed by atoms with Gasteiger partial charge in [-0.3, -0.25) is 0 Å². The Bertz CT molecular complexity index is 603. The Hall–Kier alpha value is -1.99. The van der Waals surface area contributed by atoms with Crippen LogP contribution in [0, 0.1) is 11.3 Å². The Morgan fingerprint density at radius 2 is 1.89 bits per heavy atom. The Morgan fingerprint density at radius 1 is 1.16 bits per heavy atom. The monoisotopic (exact) mass is 317 g/mol. The van der Waals surface area contributed by atoms with Gasteiger partial charge >= 0.3 is 0 Å². The Balaban J connectivity index is 2.10. The van der Waals surface area contributed by atoms with E-state index in [1.165, 1.54) is 0 Å². The predicted octanol–water partition coefficient (Wildman–Crippen LogP) is 3.91. The molecule has 0 heterocycles. The third-order valence-corrected chi connectivity index (χ3v) is 3.30. The molecule has 0 bridgehead atoms. The Morgan fingerprint density at radius 3 is 2.53 bits per heavy atom. The van der Waals surface area contributed by atoms with E-state index >= 15 is 0 Å². The van der Waals surface area contributed by atoms with Crippen LogP contribution in [-0.4, -0.2) is 7.11 Å². The van der Waals surface area contributed by atoms with Gasteiger partial charge in [0.2, 0.25) is 0 Å². The van der Waals surface area contributed by atoms with Gasteiger partial charge in [-0.25, -0.2) is 0 Å². The first-order chi connectivity index (χ1) is 9.24. The van der Waals surface area contributed by atoms with E-state index in [1.807, 2.05) is 36.4 Å². The zero-order chi connectivity index (χ0) is 13.7. The van der Waals surface area contributed by atoms with Gasteiger partial charge in [0.15, 0.2) is 0 Å². The standard InChI is InChI=1S/C15H12BrNO2/c1-18-12-7-5-11(6-8-12)10-19-15-4-2-3-14(16)13(15)9-17/h2-8H,10H2,1H3. The molecule has 0 radical (unpaired) electrons. The van der Waals surface area contributed by atoms with E-state index in [2.05, 4.69) is 22.0 Å². The topological polar surface area (TPSA) is 42.2 Å². The van der Waals surface area contributed by atoms with Crippen molar-refractivity contribution in [3.05, 3.63) is 58.1 Å². The summed E-state index contributed by atoms with van der Waals surface area (Å²) in [5, 5.41) is 9.09. The molecule has 2 aromatic carbocycles. The van der Waals surface area contributed by atoms with Crippen LogP contribution in [0.1, 0.15) is 11.1 Å². The summed E-state index contributed by atoms with van der Waals surface area (Å²) in [7, 11) is 1.63. The van der Waals surface area contributed by atoms with E-state index in [1.54, 1.807) is 13.2 Å². The average Bonchev–Trinajstić information content (AvgIpc) is 2.45. The van der Waals surface area contributed by atoms with Crippen molar-refractivity contribution in [2.45, 2.75) is 6.61 Å². The van der Waals surface area contributed by atoms with Crippen molar-refractivity contribution < 1.29 is 9.47 Å². The molecule has 96 valence electrons. The van der Waals surface area contributed by atoms with Crippen LogP contribution in [0.2, 0.25) is 0 Å². The van der Waals surface area contributed by atoms with Gasteiger partial charge in [-0.05, 0) is 45.8 Å². The fourth-order valence-corrected chi connectivity index (χ4v) is 2.05. The Kier molecular flexibility index (Phi) is 4.43. The van der Waals surface area contributed by atoms with Gasteiger partial charge in [-0.15, -0.1) is 0 Å². The molecule has 0 aliphatic heterocycles. The molecule has 0 saturated heterocycles. The van der Waals surface area contributed by atoms with Gasteiger partial charge in [-0.2, -0.15) is 5.26 Å². The molecule has 0 N–H and O–H groups in total. The van der Waals surface area contributed by atoms with Crippen LogP contribution in [0.25, 0.3) is 0 Å². The van der Waals surface area contributed by atoms with Crippen molar-refractivity contribution in [1.29, 1.82) is 5.26 Å². The van der Waals surface area contributed by atoms with Gasteiger partial charge in [0.1, 0.15) is 29.7 Å². The lowest BCUT2D eigenvalue weighted by Gasteiger charge is -2.09. The second-order valence-electron chi connectivity index (χ2n) is 3.86. The number of methoxy groups -OCH3 is 1. The maximum Gasteiger partial charge on any atom is 0.138 e. The van der Waals surface area contributed by atoms with Crippen molar-refractivity contribution in [2.75, 3.05) is 7.11 Å². The molecule has 0 unspecified atom stereocenters. The smallest absolute Gasteiger partial charge is 0.138 e. The molecule has 0 spiro atoms. The highest BCUT2D eigenvalue weighted by molar-refractivity contribution is 9.10. The number of benzene rings is 2. The number of halogens is 1. The molecule has 0 amide bonds. The van der Waals surface area contributed by atoms with E-state index in [9.17, 15) is 0 Å². The minimum absolute atomic E-state index is 0.412. The van der Waals surface area contributed by atoms with Crippen molar-refractivity contribution >= 4 is 15.9 Å². The van der Waals surface area contributed by atoms with Crippen LogP contribution in [0.15, 0.2) is 46.9 Å². The summed E-state index contributed by atoms with van der Waals surface area (Å²) >= 11 is 3.33. The SMILES string of the molecule is COc1ccc(COc2cccc(Br)c2C#N)cc1. The summed E-state index contributed by atoms with van der Waals surface area (Å²) in [6.45, 7) is 0.412. The van der Waals surface area contributed by atoms with E-state index < -0.39 is 0 Å². The maximum absolute atomic E-state index is 9.09. The number of nitriles is 1. The van der Waals surface area contributed by atoms with Crippen molar-refractivity contribution in [3.63, 3.8) is 0 Å². The van der Waals surface area contributed by atoms with Gasteiger partial charge in [0.05, 0.1) is 7.11 Å². The summed E-state index contributed by atoms with van der Waals surface area (Å²) < 4.78 is 11.5. The van der Waals surface area contributed by atoms with Crippen molar-refractivity contribution in [2.24, 2.45) is 0 Å². The van der Waals surface area contributed by atoms with Crippen LogP contribution in [0.4, 0.5) is 0 Å². The third-order valence-electron chi connectivity index (χ3n) is 2.64. The van der Waals surface area contributed by atoms with Crippen molar-refractivity contribution in [1.82, 2.24) is 0 Å². The summed E-state index contributed by atoms with van der Waals surface area (Å²) in [4.78, 5) is 0. The first-order valence-electron chi connectivity index (χ1n) is 5.69. The molecular weight excluding hydrogens is 306 g/mol. The van der Waals surface area contributed by atoms with Crippen LogP contribution in [-0.2, 0) is 6.61 Å². The highest BCUT2D eigenvalue weighted by atomic mass is 79.9. The van der Waals surface area contributed by atoms with Crippen molar-refractivity contribution in [3.8, 4) is 17.6 Å². The lowest BCUT2D eigenvalue weighted by molar-refractivity contribution is 0.305. The molecule has 19 heavy (non-hydrogen) atoms. The number of ether oxygens (including phenoxy) is 2. The first-order valence-corrected chi connectivity index (χ1v) is 6.48. The highest BCUT2D eigenvalue weighted by Crippen LogP contribution is 2.26. The third kappa shape index (κ3) is 3.27. The fourth-order valence-electron chi connectivity index (χ4n) is 1.62. The van der Waals surface area contributed by atoms with Gasteiger partial charge in [0, 0.05) is 4.47 Å². The number of rotatable bonds is 4. The maximum atomic E-state index is 9.09. The molecule has 0 fully saturated rings. The quantitative estimate of drug-likeness (QED) is 0.858. The number of nitrogens with zero attached hydrogens (tertiary/aromatic N) is 1. The van der Waals surface area contributed by atoms with Crippen LogP contribution in [0.5, 0.6) is 11.5 Å². The highest BCUT2D eigenvalue weighted by Gasteiger charge is 2.07. The van der Waals surface area contributed by atoms with E-state index in [4.69, 9.17) is 14.7 Å². The predicted molar refractivity (Wildman–Crippen MR) is 76.2 cm³/mol. The molecule has 4 heteroatoms. The van der Waals surface area contributed by atoms with Gasteiger partial charge in [0.25, 0.3) is 0 Å². The molecule has 2 rings (SSSR count). The fraction of sp³-hybridized carbons (Fsp3) is 0.133. The normalized spacial score (nSPS) is 9.74. The second kappa shape index (κ2) is 6.26. The largest absolute Gasteiger partial charge is 0.497 e. The molecule has 0 aliphatic carbocycles. The minimum atomic E-state index is 0.412. The molecule has 0 aromatic heterocycles. The number of hydrogen-bond donors (Lipinski definition) is 0. The summed E-state index contributed by atoms with van der Waals surface area (Å²) in [5.41, 5.74) is 1.53. The van der Waals surface area contributed by atoms with Crippen LogP contribution < -0.4 is 9.47 Å². The molecule has 0 atom stereocenters.